The standard InChI is InChI=1S/C15H17N5OS/c1-2-11-9-12-14(17-10-18-15(12)22-11)20-7-5-19(6-8-20)13(21)3-4-16/h9-10H,2-3,5-8H2,1H3. The van der Waals surface area contributed by atoms with Gasteiger partial charge in [0, 0.05) is 31.1 Å². The summed E-state index contributed by atoms with van der Waals surface area (Å²) < 4.78 is 0. The summed E-state index contributed by atoms with van der Waals surface area (Å²) in [5, 5.41) is 9.72. The number of piperazine rings is 1. The summed E-state index contributed by atoms with van der Waals surface area (Å²) in [6, 6.07) is 4.09. The van der Waals surface area contributed by atoms with E-state index in [0.29, 0.717) is 13.1 Å². The van der Waals surface area contributed by atoms with E-state index in [0.717, 1.165) is 35.5 Å². The second kappa shape index (κ2) is 6.28. The molecule has 0 atom stereocenters. The van der Waals surface area contributed by atoms with Crippen molar-refractivity contribution in [3.05, 3.63) is 17.3 Å². The third kappa shape index (κ3) is 2.74. The third-order valence-electron chi connectivity index (χ3n) is 3.87. The van der Waals surface area contributed by atoms with Gasteiger partial charge in [-0.15, -0.1) is 11.3 Å². The predicted molar refractivity (Wildman–Crippen MR) is 85.8 cm³/mol. The molecule has 0 radical (unpaired) electrons. The van der Waals surface area contributed by atoms with Gasteiger partial charge in [0.1, 0.15) is 23.4 Å². The lowest BCUT2D eigenvalue weighted by Crippen LogP contribution is -2.49. The zero-order valence-electron chi connectivity index (χ0n) is 12.4. The molecule has 0 aromatic carbocycles. The minimum absolute atomic E-state index is 0.0395. The fraction of sp³-hybridized carbons (Fsp3) is 0.467. The minimum Gasteiger partial charge on any atom is -0.352 e. The molecule has 2 aromatic heterocycles. The highest BCUT2D eigenvalue weighted by Crippen LogP contribution is 2.30. The molecule has 0 unspecified atom stereocenters. The molecule has 22 heavy (non-hydrogen) atoms. The highest BCUT2D eigenvalue weighted by atomic mass is 32.1. The van der Waals surface area contributed by atoms with Gasteiger partial charge in [-0.25, -0.2) is 9.97 Å². The van der Waals surface area contributed by atoms with Crippen LogP contribution in [-0.4, -0.2) is 47.0 Å². The summed E-state index contributed by atoms with van der Waals surface area (Å²) in [5.74, 6) is 0.868. The predicted octanol–water partition coefficient (Wildman–Crippen LogP) is 1.82. The largest absolute Gasteiger partial charge is 0.352 e. The van der Waals surface area contributed by atoms with Crippen LogP contribution < -0.4 is 4.90 Å². The van der Waals surface area contributed by atoms with Crippen LogP contribution in [0.3, 0.4) is 0 Å². The van der Waals surface area contributed by atoms with E-state index in [4.69, 9.17) is 5.26 Å². The summed E-state index contributed by atoms with van der Waals surface area (Å²) in [4.78, 5) is 26.8. The number of nitrogens with zero attached hydrogens (tertiary/aromatic N) is 5. The van der Waals surface area contributed by atoms with Gasteiger partial charge < -0.3 is 9.80 Å². The Bertz CT molecular complexity index is 727. The van der Waals surface area contributed by atoms with Crippen LogP contribution in [0.1, 0.15) is 18.2 Å². The van der Waals surface area contributed by atoms with Gasteiger partial charge in [0.2, 0.25) is 5.91 Å². The summed E-state index contributed by atoms with van der Waals surface area (Å²) in [7, 11) is 0. The van der Waals surface area contributed by atoms with E-state index >= 15 is 0 Å². The van der Waals surface area contributed by atoms with Crippen LogP contribution in [0.5, 0.6) is 0 Å². The normalized spacial score (nSPS) is 15.1. The van der Waals surface area contributed by atoms with Crippen LogP contribution in [0.4, 0.5) is 5.82 Å². The average molecular weight is 315 g/mol. The van der Waals surface area contributed by atoms with Crippen LogP contribution in [-0.2, 0) is 11.2 Å². The van der Waals surface area contributed by atoms with Crippen LogP contribution in [0.25, 0.3) is 10.2 Å². The molecule has 3 rings (SSSR count). The molecule has 0 N–H and O–H groups in total. The number of aromatic nitrogens is 2. The van der Waals surface area contributed by atoms with Gasteiger partial charge in [-0.1, -0.05) is 6.92 Å². The van der Waals surface area contributed by atoms with Gasteiger partial charge in [0.25, 0.3) is 0 Å². The fourth-order valence-corrected chi connectivity index (χ4v) is 3.60. The number of carbonyl (C=O) groups excluding carboxylic acids is 1. The second-order valence-electron chi connectivity index (χ2n) is 5.19. The van der Waals surface area contributed by atoms with E-state index in [9.17, 15) is 4.79 Å². The lowest BCUT2D eigenvalue weighted by Gasteiger charge is -2.35. The number of anilines is 1. The first-order valence-electron chi connectivity index (χ1n) is 7.36. The van der Waals surface area contributed by atoms with Crippen molar-refractivity contribution in [2.75, 3.05) is 31.1 Å². The summed E-state index contributed by atoms with van der Waals surface area (Å²) >= 11 is 1.71. The molecule has 0 saturated carbocycles. The maximum absolute atomic E-state index is 11.8. The van der Waals surface area contributed by atoms with Crippen molar-refractivity contribution in [1.82, 2.24) is 14.9 Å². The molecule has 0 spiro atoms. The van der Waals surface area contributed by atoms with Crippen molar-refractivity contribution in [2.45, 2.75) is 19.8 Å². The maximum atomic E-state index is 11.8. The van der Waals surface area contributed by atoms with Crippen molar-refractivity contribution in [2.24, 2.45) is 0 Å². The Morgan fingerprint density at radius 3 is 2.82 bits per heavy atom. The number of fused-ring (bicyclic) bond motifs is 1. The molecule has 7 heteroatoms. The number of hydrogen-bond donors (Lipinski definition) is 0. The van der Waals surface area contributed by atoms with E-state index in [1.54, 1.807) is 22.6 Å². The van der Waals surface area contributed by atoms with Gasteiger partial charge in [-0.3, -0.25) is 4.79 Å². The fourth-order valence-electron chi connectivity index (χ4n) is 2.67. The first-order valence-corrected chi connectivity index (χ1v) is 8.17. The zero-order valence-corrected chi connectivity index (χ0v) is 13.3. The SMILES string of the molecule is CCc1cc2c(N3CCN(C(=O)CC#N)CC3)ncnc2s1. The lowest BCUT2D eigenvalue weighted by atomic mass is 10.2. The van der Waals surface area contributed by atoms with E-state index in [1.807, 2.05) is 6.07 Å². The number of hydrogen-bond acceptors (Lipinski definition) is 6. The molecule has 1 aliphatic rings. The smallest absolute Gasteiger partial charge is 0.236 e. The van der Waals surface area contributed by atoms with Crippen molar-refractivity contribution < 1.29 is 4.79 Å². The number of carbonyl (C=O) groups is 1. The van der Waals surface area contributed by atoms with Crippen molar-refractivity contribution >= 4 is 33.3 Å². The molecule has 1 fully saturated rings. The van der Waals surface area contributed by atoms with Gasteiger partial charge in [0.05, 0.1) is 11.5 Å². The first kappa shape index (κ1) is 14.7. The van der Waals surface area contributed by atoms with E-state index < -0.39 is 0 Å². The molecule has 1 aliphatic heterocycles. The minimum atomic E-state index is -0.0845. The Hall–Kier alpha value is -2.20. The van der Waals surface area contributed by atoms with Gasteiger partial charge in [-0.2, -0.15) is 5.26 Å². The molecule has 3 heterocycles. The average Bonchev–Trinajstić information content (AvgIpc) is 2.98. The van der Waals surface area contributed by atoms with Gasteiger partial charge in [0.15, 0.2) is 0 Å². The summed E-state index contributed by atoms with van der Waals surface area (Å²) in [6.45, 7) is 4.88. The van der Waals surface area contributed by atoms with Crippen LogP contribution in [0.15, 0.2) is 12.4 Å². The summed E-state index contributed by atoms with van der Waals surface area (Å²) in [6.07, 6.45) is 2.57. The number of aryl methyl sites for hydroxylation is 1. The topological polar surface area (TPSA) is 73.1 Å². The Kier molecular flexibility index (Phi) is 4.20. The van der Waals surface area contributed by atoms with Gasteiger partial charge in [-0.05, 0) is 12.5 Å². The van der Waals surface area contributed by atoms with Crippen molar-refractivity contribution in [3.63, 3.8) is 0 Å². The number of thiophene rings is 1. The summed E-state index contributed by atoms with van der Waals surface area (Å²) in [5.41, 5.74) is 0. The second-order valence-corrected chi connectivity index (χ2v) is 6.30. The number of nitriles is 1. The van der Waals surface area contributed by atoms with Crippen LogP contribution in [0.2, 0.25) is 0 Å². The molecule has 2 aromatic rings. The zero-order chi connectivity index (χ0) is 15.5. The van der Waals surface area contributed by atoms with E-state index in [2.05, 4.69) is 27.9 Å². The highest BCUT2D eigenvalue weighted by molar-refractivity contribution is 7.18. The third-order valence-corrected chi connectivity index (χ3v) is 5.06. The van der Waals surface area contributed by atoms with Crippen LogP contribution >= 0.6 is 11.3 Å². The quantitative estimate of drug-likeness (QED) is 0.864. The number of amides is 1. The molecule has 6 nitrogen and oxygen atoms in total. The number of rotatable bonds is 3. The molecular weight excluding hydrogens is 298 g/mol. The maximum Gasteiger partial charge on any atom is 0.236 e. The Labute approximate surface area is 133 Å². The van der Waals surface area contributed by atoms with Gasteiger partial charge >= 0.3 is 0 Å². The molecule has 114 valence electrons. The highest BCUT2D eigenvalue weighted by Gasteiger charge is 2.23. The molecule has 0 aliphatic carbocycles. The molecule has 0 bridgehead atoms. The Morgan fingerprint density at radius 2 is 2.14 bits per heavy atom. The van der Waals surface area contributed by atoms with E-state index in [-0.39, 0.29) is 12.3 Å². The lowest BCUT2D eigenvalue weighted by molar-refractivity contribution is -0.130. The molecule has 1 saturated heterocycles. The van der Waals surface area contributed by atoms with Crippen LogP contribution in [0, 0.1) is 11.3 Å². The Morgan fingerprint density at radius 1 is 1.36 bits per heavy atom. The monoisotopic (exact) mass is 315 g/mol. The molecule has 1 amide bonds. The molecular formula is C15H17N5OS. The Balaban J connectivity index is 1.78. The van der Waals surface area contributed by atoms with Crippen molar-refractivity contribution in [3.8, 4) is 6.07 Å². The van der Waals surface area contributed by atoms with Crippen molar-refractivity contribution in [1.29, 1.82) is 5.26 Å². The first-order chi connectivity index (χ1) is 10.7. The van der Waals surface area contributed by atoms with E-state index in [1.165, 1.54) is 4.88 Å².